The number of nitrogens with zero attached hydrogens (tertiary/aromatic N) is 2. The first kappa shape index (κ1) is 11.7. The van der Waals surface area contributed by atoms with Crippen LogP contribution in [0.4, 0.5) is 4.79 Å². The van der Waals surface area contributed by atoms with Gasteiger partial charge in [0.2, 0.25) is 5.91 Å². The van der Waals surface area contributed by atoms with E-state index in [1.807, 2.05) is 30.3 Å². The molecule has 98 valence electrons. The van der Waals surface area contributed by atoms with E-state index in [0.29, 0.717) is 0 Å². The van der Waals surface area contributed by atoms with Gasteiger partial charge in [0, 0.05) is 5.39 Å². The van der Waals surface area contributed by atoms with Crippen molar-refractivity contribution < 1.29 is 14.4 Å². The Bertz CT molecular complexity index is 677. The Hall–Kier alpha value is -2.34. The topological polar surface area (TPSA) is 77.6 Å². The van der Waals surface area contributed by atoms with Gasteiger partial charge in [-0.1, -0.05) is 18.2 Å². The summed E-state index contributed by atoms with van der Waals surface area (Å²) in [6.07, 6.45) is 0.0376. The van der Waals surface area contributed by atoms with E-state index in [9.17, 15) is 9.59 Å². The molecule has 1 atom stereocenters. The van der Waals surface area contributed by atoms with Gasteiger partial charge >= 0.3 is 6.03 Å². The van der Waals surface area contributed by atoms with Crippen LogP contribution in [0.2, 0.25) is 0 Å². The Morgan fingerprint density at radius 3 is 2.84 bits per heavy atom. The zero-order chi connectivity index (χ0) is 13.6. The first-order chi connectivity index (χ1) is 9.13. The van der Waals surface area contributed by atoms with E-state index in [1.165, 1.54) is 12.2 Å². The molecule has 0 aliphatic carbocycles. The van der Waals surface area contributed by atoms with E-state index >= 15 is 0 Å². The SMILES string of the molecule is CON1C(=O)n2c(cc3ccccc32)C1CC(N)=O. The lowest BCUT2D eigenvalue weighted by atomic mass is 10.1. The van der Waals surface area contributed by atoms with Crippen LogP contribution in [0.5, 0.6) is 0 Å². The van der Waals surface area contributed by atoms with Crippen molar-refractivity contribution in [2.45, 2.75) is 12.5 Å². The van der Waals surface area contributed by atoms with Crippen LogP contribution >= 0.6 is 0 Å². The number of carbonyl (C=O) groups excluding carboxylic acids is 2. The zero-order valence-electron chi connectivity index (χ0n) is 10.4. The van der Waals surface area contributed by atoms with Gasteiger partial charge in [0.1, 0.15) is 6.04 Å². The molecule has 0 saturated carbocycles. The monoisotopic (exact) mass is 259 g/mol. The van der Waals surface area contributed by atoms with Crippen LogP contribution in [0.3, 0.4) is 0 Å². The van der Waals surface area contributed by atoms with Crippen molar-refractivity contribution in [1.29, 1.82) is 0 Å². The zero-order valence-corrected chi connectivity index (χ0v) is 10.4. The third kappa shape index (κ3) is 1.61. The molecule has 0 saturated heterocycles. The Labute approximate surface area is 109 Å². The van der Waals surface area contributed by atoms with E-state index in [-0.39, 0.29) is 12.5 Å². The second kappa shape index (κ2) is 4.10. The minimum Gasteiger partial charge on any atom is -0.370 e. The van der Waals surface area contributed by atoms with E-state index in [1.54, 1.807) is 4.57 Å². The Balaban J connectivity index is 2.19. The molecule has 1 aliphatic rings. The fourth-order valence-corrected chi connectivity index (χ4v) is 2.57. The first-order valence-corrected chi connectivity index (χ1v) is 5.90. The number of aromatic nitrogens is 1. The average molecular weight is 259 g/mol. The van der Waals surface area contributed by atoms with E-state index < -0.39 is 11.9 Å². The highest BCUT2D eigenvalue weighted by molar-refractivity contribution is 5.95. The van der Waals surface area contributed by atoms with Crippen molar-refractivity contribution >= 4 is 22.8 Å². The second-order valence-electron chi connectivity index (χ2n) is 4.44. The maximum atomic E-state index is 12.3. The van der Waals surface area contributed by atoms with Crippen LogP contribution in [0.1, 0.15) is 18.2 Å². The molecular weight excluding hydrogens is 246 g/mol. The molecule has 2 N–H and O–H groups in total. The predicted molar refractivity (Wildman–Crippen MR) is 68.1 cm³/mol. The predicted octanol–water partition coefficient (Wildman–Crippen LogP) is 1.40. The van der Waals surface area contributed by atoms with Crippen molar-refractivity contribution in [2.24, 2.45) is 5.73 Å². The van der Waals surface area contributed by atoms with Crippen LogP contribution in [0, 0.1) is 0 Å². The largest absolute Gasteiger partial charge is 0.370 e. The van der Waals surface area contributed by atoms with Crippen LogP contribution in [0.25, 0.3) is 10.9 Å². The number of hydrogen-bond donors (Lipinski definition) is 1. The standard InChI is InChI=1S/C13H13N3O3/c1-19-16-11(7-12(14)17)10-6-8-4-2-3-5-9(8)15(10)13(16)18/h2-6,11H,7H2,1H3,(H2,14,17). The molecule has 1 unspecified atom stereocenters. The number of hydroxylamine groups is 2. The molecule has 19 heavy (non-hydrogen) atoms. The van der Waals surface area contributed by atoms with Crippen LogP contribution < -0.4 is 5.73 Å². The van der Waals surface area contributed by atoms with E-state index in [2.05, 4.69) is 0 Å². The van der Waals surface area contributed by atoms with Gasteiger partial charge in [-0.3, -0.25) is 14.2 Å². The molecule has 6 nitrogen and oxygen atoms in total. The number of nitrogens with two attached hydrogens (primary N) is 1. The highest BCUT2D eigenvalue weighted by Gasteiger charge is 2.39. The van der Waals surface area contributed by atoms with Gasteiger partial charge < -0.3 is 5.73 Å². The number of primary amides is 1. The third-order valence-electron chi connectivity index (χ3n) is 3.33. The molecule has 0 spiro atoms. The smallest absolute Gasteiger partial charge is 0.353 e. The van der Waals surface area contributed by atoms with Gasteiger partial charge in [-0.2, -0.15) is 5.06 Å². The summed E-state index contributed by atoms with van der Waals surface area (Å²) in [6, 6.07) is 8.66. The molecule has 1 aliphatic heterocycles. The van der Waals surface area contributed by atoms with Crippen LogP contribution in [-0.2, 0) is 9.63 Å². The Morgan fingerprint density at radius 1 is 1.42 bits per heavy atom. The Kier molecular flexibility index (Phi) is 2.53. The molecule has 0 fully saturated rings. The molecule has 2 aromatic rings. The number of amides is 2. The number of benzene rings is 1. The van der Waals surface area contributed by atoms with Gasteiger partial charge in [0.05, 0.1) is 24.7 Å². The van der Waals surface area contributed by atoms with Gasteiger partial charge in [-0.25, -0.2) is 4.79 Å². The molecule has 2 amide bonds. The lowest BCUT2D eigenvalue weighted by molar-refractivity contribution is -0.130. The highest BCUT2D eigenvalue weighted by atomic mass is 16.7. The van der Waals surface area contributed by atoms with Gasteiger partial charge in [-0.05, 0) is 12.1 Å². The summed E-state index contributed by atoms with van der Waals surface area (Å²) in [7, 11) is 1.40. The summed E-state index contributed by atoms with van der Waals surface area (Å²) in [5.41, 5.74) is 6.78. The van der Waals surface area contributed by atoms with Gasteiger partial charge in [-0.15, -0.1) is 0 Å². The average Bonchev–Trinajstić information content (AvgIpc) is 2.86. The maximum absolute atomic E-state index is 12.3. The number of carbonyl (C=O) groups is 2. The fourth-order valence-electron chi connectivity index (χ4n) is 2.57. The van der Waals surface area contributed by atoms with Crippen molar-refractivity contribution in [2.75, 3.05) is 7.11 Å². The van der Waals surface area contributed by atoms with Crippen molar-refractivity contribution in [3.63, 3.8) is 0 Å². The number of para-hydroxylation sites is 1. The molecular formula is C13H13N3O3. The molecule has 6 heteroatoms. The quantitative estimate of drug-likeness (QED) is 0.905. The Morgan fingerprint density at radius 2 is 2.16 bits per heavy atom. The molecule has 0 radical (unpaired) electrons. The van der Waals surface area contributed by atoms with Crippen molar-refractivity contribution in [1.82, 2.24) is 9.63 Å². The lowest BCUT2D eigenvalue weighted by Crippen LogP contribution is -2.30. The number of rotatable bonds is 3. The van der Waals surface area contributed by atoms with Crippen LogP contribution in [-0.4, -0.2) is 28.7 Å². The third-order valence-corrected chi connectivity index (χ3v) is 3.33. The summed E-state index contributed by atoms with van der Waals surface area (Å²) < 4.78 is 1.56. The minimum absolute atomic E-state index is 0.0376. The van der Waals surface area contributed by atoms with E-state index in [4.69, 9.17) is 10.6 Å². The van der Waals surface area contributed by atoms with Crippen molar-refractivity contribution in [3.05, 3.63) is 36.0 Å². The normalized spacial score (nSPS) is 18.1. The number of hydrogen-bond acceptors (Lipinski definition) is 3. The molecule has 3 rings (SSSR count). The first-order valence-electron chi connectivity index (χ1n) is 5.90. The van der Waals surface area contributed by atoms with Gasteiger partial charge in [0.25, 0.3) is 0 Å². The molecule has 1 aromatic heterocycles. The summed E-state index contributed by atoms with van der Waals surface area (Å²) >= 11 is 0. The number of fused-ring (bicyclic) bond motifs is 3. The maximum Gasteiger partial charge on any atom is 0.353 e. The summed E-state index contributed by atoms with van der Waals surface area (Å²) in [5.74, 6) is -0.474. The molecule has 0 bridgehead atoms. The molecule has 2 heterocycles. The van der Waals surface area contributed by atoms with Crippen LogP contribution in [0.15, 0.2) is 30.3 Å². The highest BCUT2D eigenvalue weighted by Crippen LogP contribution is 2.36. The fraction of sp³-hybridized carbons (Fsp3) is 0.231. The summed E-state index contributed by atoms with van der Waals surface area (Å²) in [5, 5.41) is 2.14. The van der Waals surface area contributed by atoms with Crippen molar-refractivity contribution in [3.8, 4) is 0 Å². The summed E-state index contributed by atoms with van der Waals surface area (Å²) in [4.78, 5) is 28.6. The summed E-state index contributed by atoms with van der Waals surface area (Å²) in [6.45, 7) is 0. The second-order valence-corrected chi connectivity index (χ2v) is 4.44. The molecule has 1 aromatic carbocycles. The van der Waals surface area contributed by atoms with Gasteiger partial charge in [0.15, 0.2) is 0 Å². The minimum atomic E-state index is -0.474. The lowest BCUT2D eigenvalue weighted by Gasteiger charge is -2.19. The van der Waals surface area contributed by atoms with E-state index in [0.717, 1.165) is 16.6 Å².